The molecule has 1 amide bonds. The fourth-order valence-electron chi connectivity index (χ4n) is 3.94. The molecule has 2 aromatic rings. The van der Waals surface area contributed by atoms with Gasteiger partial charge in [-0.3, -0.25) is 14.6 Å². The normalized spacial score (nSPS) is 20.0. The Balaban J connectivity index is 1.44. The van der Waals surface area contributed by atoms with Crippen LogP contribution in [0, 0.1) is 30.0 Å². The molecule has 4 heterocycles. The van der Waals surface area contributed by atoms with Crippen LogP contribution in [0.2, 0.25) is 0 Å². The zero-order valence-electron chi connectivity index (χ0n) is 16.1. The minimum atomic E-state index is -0.378. The molecular weight excluding hydrogens is 375 g/mol. The van der Waals surface area contributed by atoms with Crippen molar-refractivity contribution in [2.75, 3.05) is 24.6 Å². The van der Waals surface area contributed by atoms with E-state index in [1.807, 2.05) is 6.07 Å². The Kier molecular flexibility index (Phi) is 5.36. The van der Waals surface area contributed by atoms with Gasteiger partial charge in [-0.15, -0.1) is 0 Å². The van der Waals surface area contributed by atoms with Crippen molar-refractivity contribution in [1.82, 2.24) is 20.0 Å². The van der Waals surface area contributed by atoms with E-state index in [0.29, 0.717) is 61.6 Å². The van der Waals surface area contributed by atoms with E-state index < -0.39 is 0 Å². The molecule has 1 unspecified atom stereocenters. The zero-order chi connectivity index (χ0) is 20.4. The highest BCUT2D eigenvalue weighted by atomic mass is 19.1. The lowest BCUT2D eigenvalue weighted by atomic mass is 9.94. The Morgan fingerprint density at radius 3 is 2.83 bits per heavy atom. The van der Waals surface area contributed by atoms with Crippen molar-refractivity contribution in [2.24, 2.45) is 5.92 Å². The maximum absolute atomic E-state index is 13.9. The Morgan fingerprint density at radius 1 is 1.28 bits per heavy atom. The van der Waals surface area contributed by atoms with Crippen LogP contribution in [-0.4, -0.2) is 45.6 Å². The van der Waals surface area contributed by atoms with Crippen LogP contribution < -0.4 is 4.90 Å². The van der Waals surface area contributed by atoms with Crippen molar-refractivity contribution >= 4 is 11.7 Å². The molecule has 150 valence electrons. The topological polar surface area (TPSA) is 95.2 Å². The number of aromatic nitrogens is 3. The van der Waals surface area contributed by atoms with Gasteiger partial charge in [0.2, 0.25) is 5.91 Å². The van der Waals surface area contributed by atoms with Gasteiger partial charge in [0.15, 0.2) is 0 Å². The van der Waals surface area contributed by atoms with Crippen LogP contribution in [0.25, 0.3) is 0 Å². The number of piperidine rings is 1. The molecule has 2 aliphatic rings. The second-order valence-electron chi connectivity index (χ2n) is 7.27. The number of anilines is 1. The van der Waals surface area contributed by atoms with Crippen LogP contribution >= 0.6 is 0 Å². The molecule has 0 saturated carbocycles. The molecule has 2 saturated heterocycles. The first-order chi connectivity index (χ1) is 14.1. The maximum atomic E-state index is 13.9. The molecule has 0 aliphatic carbocycles. The number of hydrogen-bond acceptors (Lipinski definition) is 7. The summed E-state index contributed by atoms with van der Waals surface area (Å²) in [5, 5.41) is 10.4. The molecule has 1 atom stereocenters. The fourth-order valence-corrected chi connectivity index (χ4v) is 3.94. The van der Waals surface area contributed by atoms with Crippen molar-refractivity contribution < 1.29 is 14.0 Å². The molecule has 2 aromatic heterocycles. The van der Waals surface area contributed by atoms with Crippen LogP contribution in [0.5, 0.6) is 0 Å². The summed E-state index contributed by atoms with van der Waals surface area (Å²) in [7, 11) is 0. The molecule has 4 rings (SSSR count). The van der Waals surface area contributed by atoms with E-state index in [-0.39, 0.29) is 23.7 Å². The molecular formula is C20H21FN6O2. The summed E-state index contributed by atoms with van der Waals surface area (Å²) in [4.78, 5) is 32.9. The van der Waals surface area contributed by atoms with Crippen LogP contribution in [-0.2, 0) is 9.63 Å². The zero-order valence-corrected chi connectivity index (χ0v) is 16.1. The minimum absolute atomic E-state index is 0.0730. The fraction of sp³-hybridized carbons (Fsp3) is 0.450. The van der Waals surface area contributed by atoms with Gasteiger partial charge in [0.25, 0.3) is 0 Å². The Bertz CT molecular complexity index is 954. The number of carbonyl (C=O) groups excluding carboxylic acids is 1. The van der Waals surface area contributed by atoms with E-state index in [4.69, 9.17) is 10.1 Å². The van der Waals surface area contributed by atoms with Gasteiger partial charge in [-0.1, -0.05) is 0 Å². The standard InChI is InChI=1S/C20H21FN6O2/c1-13-16(10-23-11-17(13)21)18-4-7-29-27(18)20(28)14-2-5-26(6-3-14)19-8-15(9-22)24-12-25-19/h8,10-12,14,18H,2-7H2,1H3. The van der Waals surface area contributed by atoms with Gasteiger partial charge < -0.3 is 4.90 Å². The number of rotatable bonds is 3. The predicted molar refractivity (Wildman–Crippen MR) is 101 cm³/mol. The number of hydrogen-bond donors (Lipinski definition) is 0. The average Bonchev–Trinajstić information content (AvgIpc) is 3.25. The largest absolute Gasteiger partial charge is 0.356 e. The molecule has 0 N–H and O–H groups in total. The van der Waals surface area contributed by atoms with E-state index in [2.05, 4.69) is 19.9 Å². The third kappa shape index (κ3) is 3.76. The first-order valence-corrected chi connectivity index (χ1v) is 9.61. The summed E-state index contributed by atoms with van der Waals surface area (Å²) in [5.74, 6) is 0.0677. The number of amides is 1. The van der Waals surface area contributed by atoms with Crippen LogP contribution in [0.4, 0.5) is 10.2 Å². The summed E-state index contributed by atoms with van der Waals surface area (Å²) in [5.41, 5.74) is 1.51. The monoisotopic (exact) mass is 396 g/mol. The first kappa shape index (κ1) is 19.2. The number of halogens is 1. The number of carbonyl (C=O) groups is 1. The highest BCUT2D eigenvalue weighted by Crippen LogP contribution is 2.35. The Labute approximate surface area is 167 Å². The number of nitrogens with zero attached hydrogens (tertiary/aromatic N) is 6. The molecule has 29 heavy (non-hydrogen) atoms. The van der Waals surface area contributed by atoms with Crippen molar-refractivity contribution in [3.05, 3.63) is 47.4 Å². The van der Waals surface area contributed by atoms with Crippen molar-refractivity contribution in [3.63, 3.8) is 0 Å². The lowest BCUT2D eigenvalue weighted by Gasteiger charge is -2.34. The Hall–Kier alpha value is -3.12. The summed E-state index contributed by atoms with van der Waals surface area (Å²) >= 11 is 0. The number of hydroxylamine groups is 2. The lowest BCUT2D eigenvalue weighted by Crippen LogP contribution is -2.42. The predicted octanol–water partition coefficient (Wildman–Crippen LogP) is 2.31. The second kappa shape index (κ2) is 8.09. The molecule has 2 fully saturated rings. The summed E-state index contributed by atoms with van der Waals surface area (Å²) in [6.07, 6.45) is 6.09. The molecule has 9 heteroatoms. The van der Waals surface area contributed by atoms with Gasteiger partial charge in [0.05, 0.1) is 18.8 Å². The third-order valence-corrected chi connectivity index (χ3v) is 5.61. The smallest absolute Gasteiger partial charge is 0.249 e. The number of nitriles is 1. The van der Waals surface area contributed by atoms with Crippen LogP contribution in [0.3, 0.4) is 0 Å². The van der Waals surface area contributed by atoms with Gasteiger partial charge >= 0.3 is 0 Å². The summed E-state index contributed by atoms with van der Waals surface area (Å²) in [6.45, 7) is 3.42. The highest BCUT2D eigenvalue weighted by Gasteiger charge is 2.38. The molecule has 0 aromatic carbocycles. The van der Waals surface area contributed by atoms with Gasteiger partial charge in [-0.25, -0.2) is 19.4 Å². The van der Waals surface area contributed by atoms with E-state index in [1.54, 1.807) is 19.2 Å². The maximum Gasteiger partial charge on any atom is 0.249 e. The highest BCUT2D eigenvalue weighted by molar-refractivity contribution is 5.79. The van der Waals surface area contributed by atoms with Crippen LogP contribution in [0.15, 0.2) is 24.8 Å². The molecule has 0 spiro atoms. The Morgan fingerprint density at radius 2 is 2.07 bits per heavy atom. The van der Waals surface area contributed by atoms with Crippen molar-refractivity contribution in [3.8, 4) is 6.07 Å². The van der Waals surface area contributed by atoms with E-state index in [0.717, 1.165) is 0 Å². The second-order valence-corrected chi connectivity index (χ2v) is 7.27. The number of pyridine rings is 1. The van der Waals surface area contributed by atoms with Gasteiger partial charge in [-0.05, 0) is 25.3 Å². The quantitative estimate of drug-likeness (QED) is 0.786. The molecule has 0 bridgehead atoms. The molecule has 2 aliphatic heterocycles. The van der Waals surface area contributed by atoms with Crippen LogP contribution in [0.1, 0.15) is 42.1 Å². The van der Waals surface area contributed by atoms with E-state index >= 15 is 0 Å². The summed E-state index contributed by atoms with van der Waals surface area (Å²) < 4.78 is 13.9. The van der Waals surface area contributed by atoms with E-state index in [1.165, 1.54) is 17.6 Å². The lowest BCUT2D eigenvalue weighted by molar-refractivity contribution is -0.182. The van der Waals surface area contributed by atoms with Gasteiger partial charge in [-0.2, -0.15) is 5.26 Å². The van der Waals surface area contributed by atoms with Gasteiger partial charge in [0, 0.05) is 43.3 Å². The molecule has 8 nitrogen and oxygen atoms in total. The van der Waals surface area contributed by atoms with Crippen molar-refractivity contribution in [2.45, 2.75) is 32.2 Å². The minimum Gasteiger partial charge on any atom is -0.356 e. The SMILES string of the molecule is Cc1c(F)cncc1C1CCON1C(=O)C1CCN(c2cc(C#N)ncn2)CC1. The molecule has 0 radical (unpaired) electrons. The summed E-state index contributed by atoms with van der Waals surface area (Å²) in [6, 6.07) is 3.35. The third-order valence-electron chi connectivity index (χ3n) is 5.61. The van der Waals surface area contributed by atoms with Crippen molar-refractivity contribution in [1.29, 1.82) is 5.26 Å². The first-order valence-electron chi connectivity index (χ1n) is 9.61. The average molecular weight is 396 g/mol. The van der Waals surface area contributed by atoms with Gasteiger partial charge in [0.1, 0.15) is 29.7 Å². The van der Waals surface area contributed by atoms with E-state index in [9.17, 15) is 9.18 Å².